The molecule has 0 atom stereocenters. The molecule has 0 aliphatic heterocycles. The summed E-state index contributed by atoms with van der Waals surface area (Å²) in [4.78, 5) is 20.4. The highest BCUT2D eigenvalue weighted by Crippen LogP contribution is 2.27. The lowest BCUT2D eigenvalue weighted by Crippen LogP contribution is -2.13. The monoisotopic (exact) mass is 342 g/mol. The Kier molecular flexibility index (Phi) is 4.19. The normalized spacial score (nSPS) is 10.8. The fourth-order valence-corrected chi connectivity index (χ4v) is 2.97. The smallest absolute Gasteiger partial charge is 0.275 e. The highest BCUT2D eigenvalue weighted by molar-refractivity contribution is 6.08. The number of para-hydroxylation sites is 1. The molecule has 0 saturated carbocycles. The van der Waals surface area contributed by atoms with Gasteiger partial charge in [0.2, 0.25) is 0 Å². The van der Waals surface area contributed by atoms with Crippen molar-refractivity contribution in [2.24, 2.45) is 0 Å². The second kappa shape index (κ2) is 6.80. The third kappa shape index (κ3) is 3.19. The summed E-state index contributed by atoms with van der Waals surface area (Å²) in [5.74, 6) is -0.267. The Balaban J connectivity index is 1.67. The van der Waals surface area contributed by atoms with Gasteiger partial charge in [0.15, 0.2) is 0 Å². The van der Waals surface area contributed by atoms with Crippen molar-refractivity contribution in [3.8, 4) is 0 Å². The van der Waals surface area contributed by atoms with E-state index < -0.39 is 0 Å². The summed E-state index contributed by atoms with van der Waals surface area (Å²) < 4.78 is 2.15. The number of hydrogen-bond donors (Lipinski definition) is 1. The first kappa shape index (κ1) is 16.0. The number of rotatable bonds is 4. The SMILES string of the molecule is Cc1ccc(Cn2cc(NC(=O)c3cnccn3)c3ccccc32)cc1. The average Bonchev–Trinajstić information content (AvgIpc) is 3.02. The standard InChI is InChI=1S/C21H18N4O/c1-15-6-8-16(9-7-15)13-25-14-19(17-4-2-3-5-20(17)25)24-21(26)18-12-22-10-11-23-18/h2-12,14H,13H2,1H3,(H,24,26). The number of carbonyl (C=O) groups is 1. The van der Waals surface area contributed by atoms with Crippen LogP contribution < -0.4 is 5.32 Å². The average molecular weight is 342 g/mol. The molecule has 5 nitrogen and oxygen atoms in total. The summed E-state index contributed by atoms with van der Waals surface area (Å²) in [6.07, 6.45) is 6.49. The summed E-state index contributed by atoms with van der Waals surface area (Å²) in [6.45, 7) is 2.82. The van der Waals surface area contributed by atoms with Crippen molar-refractivity contribution in [2.45, 2.75) is 13.5 Å². The first-order valence-corrected chi connectivity index (χ1v) is 8.41. The van der Waals surface area contributed by atoms with Gasteiger partial charge in [-0.05, 0) is 18.6 Å². The molecule has 0 fully saturated rings. The number of fused-ring (bicyclic) bond motifs is 1. The third-order valence-electron chi connectivity index (χ3n) is 4.31. The van der Waals surface area contributed by atoms with E-state index in [0.29, 0.717) is 5.69 Å². The number of amides is 1. The largest absolute Gasteiger partial charge is 0.341 e. The van der Waals surface area contributed by atoms with Gasteiger partial charge in [-0.1, -0.05) is 48.0 Å². The second-order valence-corrected chi connectivity index (χ2v) is 6.22. The molecule has 4 aromatic rings. The van der Waals surface area contributed by atoms with Crippen LogP contribution in [0.2, 0.25) is 0 Å². The molecule has 26 heavy (non-hydrogen) atoms. The predicted octanol–water partition coefficient (Wildman–Crippen LogP) is 4.04. The van der Waals surface area contributed by atoms with Gasteiger partial charge in [0, 0.05) is 30.5 Å². The maximum absolute atomic E-state index is 12.4. The highest BCUT2D eigenvalue weighted by Gasteiger charge is 2.13. The fraction of sp³-hybridized carbons (Fsp3) is 0.0952. The minimum Gasteiger partial charge on any atom is -0.341 e. The number of aryl methyl sites for hydroxylation is 1. The van der Waals surface area contributed by atoms with E-state index in [1.165, 1.54) is 23.5 Å². The maximum atomic E-state index is 12.4. The van der Waals surface area contributed by atoms with E-state index in [-0.39, 0.29) is 5.91 Å². The van der Waals surface area contributed by atoms with Gasteiger partial charge in [0.25, 0.3) is 5.91 Å². The van der Waals surface area contributed by atoms with E-state index >= 15 is 0 Å². The van der Waals surface area contributed by atoms with Crippen molar-refractivity contribution < 1.29 is 4.79 Å². The van der Waals surface area contributed by atoms with E-state index in [9.17, 15) is 4.79 Å². The Morgan fingerprint density at radius 1 is 1.08 bits per heavy atom. The van der Waals surface area contributed by atoms with E-state index in [0.717, 1.165) is 23.1 Å². The number of benzene rings is 2. The molecule has 2 aromatic carbocycles. The molecule has 0 aliphatic rings. The van der Waals surface area contributed by atoms with Crippen LogP contribution in [-0.4, -0.2) is 20.4 Å². The first-order valence-electron chi connectivity index (χ1n) is 8.41. The summed E-state index contributed by atoms with van der Waals surface area (Å²) in [7, 11) is 0. The Hall–Kier alpha value is -3.47. The van der Waals surface area contributed by atoms with Crippen molar-refractivity contribution in [2.75, 3.05) is 5.32 Å². The van der Waals surface area contributed by atoms with Crippen molar-refractivity contribution in [1.29, 1.82) is 0 Å². The summed E-state index contributed by atoms with van der Waals surface area (Å²) >= 11 is 0. The van der Waals surface area contributed by atoms with Crippen LogP contribution in [0.1, 0.15) is 21.6 Å². The zero-order chi connectivity index (χ0) is 17.9. The molecular formula is C21H18N4O. The van der Waals surface area contributed by atoms with E-state index in [2.05, 4.69) is 57.1 Å². The van der Waals surface area contributed by atoms with Gasteiger partial charge in [-0.3, -0.25) is 9.78 Å². The Labute approximate surface area is 151 Å². The van der Waals surface area contributed by atoms with Crippen LogP contribution in [0.5, 0.6) is 0 Å². The van der Waals surface area contributed by atoms with E-state index in [4.69, 9.17) is 0 Å². The number of aromatic nitrogens is 3. The Morgan fingerprint density at radius 2 is 1.88 bits per heavy atom. The zero-order valence-corrected chi connectivity index (χ0v) is 14.4. The zero-order valence-electron chi connectivity index (χ0n) is 14.4. The van der Waals surface area contributed by atoms with Crippen LogP contribution >= 0.6 is 0 Å². The molecule has 1 amide bonds. The second-order valence-electron chi connectivity index (χ2n) is 6.22. The van der Waals surface area contributed by atoms with Gasteiger partial charge in [0.05, 0.1) is 17.4 Å². The number of anilines is 1. The number of carbonyl (C=O) groups excluding carboxylic acids is 1. The molecule has 0 radical (unpaired) electrons. The molecule has 0 spiro atoms. The third-order valence-corrected chi connectivity index (χ3v) is 4.31. The Bertz CT molecular complexity index is 1050. The molecule has 0 saturated heterocycles. The van der Waals surface area contributed by atoms with E-state index in [1.54, 1.807) is 6.20 Å². The summed E-state index contributed by atoms with van der Waals surface area (Å²) in [5.41, 5.74) is 4.58. The molecular weight excluding hydrogens is 324 g/mol. The van der Waals surface area contributed by atoms with Gasteiger partial charge in [-0.2, -0.15) is 0 Å². The Morgan fingerprint density at radius 3 is 2.65 bits per heavy atom. The molecule has 1 N–H and O–H groups in total. The van der Waals surface area contributed by atoms with Gasteiger partial charge >= 0.3 is 0 Å². The van der Waals surface area contributed by atoms with Crippen LogP contribution in [0.25, 0.3) is 10.9 Å². The van der Waals surface area contributed by atoms with E-state index in [1.807, 2.05) is 24.4 Å². The quantitative estimate of drug-likeness (QED) is 0.609. The van der Waals surface area contributed by atoms with Crippen molar-refractivity contribution in [3.63, 3.8) is 0 Å². The molecule has 4 rings (SSSR count). The first-order chi connectivity index (χ1) is 12.7. The molecule has 2 heterocycles. The predicted molar refractivity (Wildman–Crippen MR) is 102 cm³/mol. The number of nitrogens with one attached hydrogen (secondary N) is 1. The van der Waals surface area contributed by atoms with Crippen LogP contribution in [0.15, 0.2) is 73.3 Å². The summed E-state index contributed by atoms with van der Waals surface area (Å²) in [5, 5.41) is 3.95. The van der Waals surface area contributed by atoms with Crippen molar-refractivity contribution in [3.05, 3.63) is 90.1 Å². The molecule has 5 heteroatoms. The molecule has 128 valence electrons. The van der Waals surface area contributed by atoms with Crippen molar-refractivity contribution in [1.82, 2.24) is 14.5 Å². The lowest BCUT2D eigenvalue weighted by atomic mass is 10.1. The van der Waals surface area contributed by atoms with Gasteiger partial charge in [-0.25, -0.2) is 4.98 Å². The van der Waals surface area contributed by atoms with Crippen LogP contribution in [0.3, 0.4) is 0 Å². The van der Waals surface area contributed by atoms with Gasteiger partial charge < -0.3 is 9.88 Å². The molecule has 2 aromatic heterocycles. The number of hydrogen-bond acceptors (Lipinski definition) is 3. The highest BCUT2D eigenvalue weighted by atomic mass is 16.1. The maximum Gasteiger partial charge on any atom is 0.275 e. The lowest BCUT2D eigenvalue weighted by Gasteiger charge is -2.05. The molecule has 0 unspecified atom stereocenters. The minimum absolute atomic E-state index is 0.267. The summed E-state index contributed by atoms with van der Waals surface area (Å²) in [6, 6.07) is 16.5. The minimum atomic E-state index is -0.267. The number of nitrogens with zero attached hydrogens (tertiary/aromatic N) is 3. The van der Waals surface area contributed by atoms with Gasteiger partial charge in [0.1, 0.15) is 5.69 Å². The van der Waals surface area contributed by atoms with Crippen LogP contribution in [0.4, 0.5) is 5.69 Å². The van der Waals surface area contributed by atoms with Crippen LogP contribution in [-0.2, 0) is 6.54 Å². The van der Waals surface area contributed by atoms with Gasteiger partial charge in [-0.15, -0.1) is 0 Å². The lowest BCUT2D eigenvalue weighted by molar-refractivity contribution is 0.102. The molecule has 0 bridgehead atoms. The van der Waals surface area contributed by atoms with Crippen LogP contribution in [0, 0.1) is 6.92 Å². The van der Waals surface area contributed by atoms with Crippen molar-refractivity contribution >= 4 is 22.5 Å². The topological polar surface area (TPSA) is 59.8 Å². The molecule has 0 aliphatic carbocycles. The fourth-order valence-electron chi connectivity index (χ4n) is 2.97.